The molecule has 2 aromatic heterocycles. The normalized spacial score (nSPS) is 19.0. The third kappa shape index (κ3) is 4.05. The van der Waals surface area contributed by atoms with E-state index in [1.165, 1.54) is 23.6 Å². The first-order chi connectivity index (χ1) is 16.4. The van der Waals surface area contributed by atoms with Crippen molar-refractivity contribution >= 4 is 17.3 Å². The summed E-state index contributed by atoms with van der Waals surface area (Å²) in [5, 5.41) is 10.2. The second kappa shape index (κ2) is 7.98. The average molecular weight is 501 g/mol. The van der Waals surface area contributed by atoms with E-state index in [0.717, 1.165) is 21.6 Å². The maximum absolute atomic E-state index is 13.4. The molecule has 2 aliphatic rings. The fourth-order valence-electron chi connectivity index (χ4n) is 5.04. The molecule has 1 fully saturated rings. The second-order valence-corrected chi connectivity index (χ2v) is 11.5. The van der Waals surface area contributed by atoms with E-state index in [9.17, 15) is 23.5 Å². The smallest absolute Gasteiger partial charge is 0.341 e. The third-order valence-corrected chi connectivity index (χ3v) is 8.18. The number of hydrogen-bond donors (Lipinski definition) is 1. The third-order valence-electron chi connectivity index (χ3n) is 6.99. The summed E-state index contributed by atoms with van der Waals surface area (Å²) < 4.78 is 34.3. The van der Waals surface area contributed by atoms with Gasteiger partial charge in [-0.25, -0.2) is 18.6 Å². The van der Waals surface area contributed by atoms with E-state index in [1.807, 2.05) is 16.7 Å². The molecule has 0 spiro atoms. The van der Waals surface area contributed by atoms with Crippen molar-refractivity contribution in [2.75, 3.05) is 7.11 Å². The van der Waals surface area contributed by atoms with E-state index >= 15 is 0 Å². The number of pyridine rings is 1. The van der Waals surface area contributed by atoms with Crippen LogP contribution >= 0.6 is 11.3 Å². The van der Waals surface area contributed by atoms with Crippen LogP contribution in [0, 0.1) is 5.41 Å². The molecule has 0 bridgehead atoms. The Kier molecular flexibility index (Phi) is 5.39. The molecule has 0 amide bonds. The fraction of sp³-hybridized carbons (Fsp3) is 0.423. The van der Waals surface area contributed by atoms with Crippen molar-refractivity contribution in [3.8, 4) is 27.4 Å². The first kappa shape index (κ1) is 23.7. The van der Waals surface area contributed by atoms with Crippen LogP contribution in [0.5, 0.6) is 5.75 Å². The fourth-order valence-corrected chi connectivity index (χ4v) is 6.08. The second-order valence-electron chi connectivity index (χ2n) is 10.5. The van der Waals surface area contributed by atoms with Gasteiger partial charge in [-0.3, -0.25) is 4.79 Å². The number of alkyl halides is 2. The van der Waals surface area contributed by atoms with Gasteiger partial charge < -0.3 is 14.4 Å². The molecule has 5 rings (SSSR count). The van der Waals surface area contributed by atoms with Gasteiger partial charge in [-0.2, -0.15) is 0 Å². The molecule has 1 aromatic carbocycles. The number of thiazole rings is 1. The van der Waals surface area contributed by atoms with Crippen molar-refractivity contribution in [1.29, 1.82) is 0 Å². The molecule has 1 atom stereocenters. The van der Waals surface area contributed by atoms with Gasteiger partial charge in [0.2, 0.25) is 5.92 Å². The Bertz CT molecular complexity index is 1400. The van der Waals surface area contributed by atoms with E-state index in [4.69, 9.17) is 4.74 Å². The first-order valence-electron chi connectivity index (χ1n) is 11.4. The van der Waals surface area contributed by atoms with Crippen molar-refractivity contribution in [2.24, 2.45) is 5.41 Å². The molecule has 1 unspecified atom stereocenters. The van der Waals surface area contributed by atoms with Gasteiger partial charge in [0.05, 0.1) is 22.7 Å². The minimum atomic E-state index is -2.60. The molecular formula is C26H26F2N2O4S. The summed E-state index contributed by atoms with van der Waals surface area (Å²) in [7, 11) is 1.56. The van der Waals surface area contributed by atoms with E-state index in [0.29, 0.717) is 22.9 Å². The number of carbonyl (C=O) groups is 1. The van der Waals surface area contributed by atoms with Gasteiger partial charge in [0.15, 0.2) is 5.43 Å². The predicted octanol–water partition coefficient (Wildman–Crippen LogP) is 6.00. The number of benzene rings is 1. The zero-order chi connectivity index (χ0) is 25.3. The SMILES string of the molecule is COc1cc2c(cc1-c1cnc(C3CC(F)(F)C3)s1)CC(C(C)(C)C)n1cc(C(=O)O)c(=O)cc1-2. The molecule has 35 heavy (non-hydrogen) atoms. The van der Waals surface area contributed by atoms with Crippen LogP contribution in [0.3, 0.4) is 0 Å². The number of aromatic carboxylic acids is 1. The molecule has 1 N–H and O–H groups in total. The summed E-state index contributed by atoms with van der Waals surface area (Å²) in [5.74, 6) is -3.50. The average Bonchev–Trinajstić information content (AvgIpc) is 3.24. The maximum atomic E-state index is 13.4. The Morgan fingerprint density at radius 1 is 1.23 bits per heavy atom. The summed E-state index contributed by atoms with van der Waals surface area (Å²) in [6, 6.07) is 5.20. The van der Waals surface area contributed by atoms with Crippen LogP contribution in [0.1, 0.15) is 66.5 Å². The molecule has 3 aromatic rings. The van der Waals surface area contributed by atoms with Crippen molar-refractivity contribution in [3.05, 3.63) is 57.0 Å². The summed E-state index contributed by atoms with van der Waals surface area (Å²) in [6.07, 6.45) is 3.45. The zero-order valence-corrected chi connectivity index (χ0v) is 20.7. The Balaban J connectivity index is 1.63. The highest BCUT2D eigenvalue weighted by Crippen LogP contribution is 2.51. The Morgan fingerprint density at radius 2 is 1.94 bits per heavy atom. The van der Waals surface area contributed by atoms with Crippen molar-refractivity contribution < 1.29 is 23.4 Å². The monoisotopic (exact) mass is 500 g/mol. The van der Waals surface area contributed by atoms with Crippen LogP contribution in [0.25, 0.3) is 21.7 Å². The zero-order valence-electron chi connectivity index (χ0n) is 19.9. The van der Waals surface area contributed by atoms with Crippen molar-refractivity contribution in [2.45, 2.75) is 57.9 Å². The molecule has 1 aliphatic heterocycles. The Hall–Kier alpha value is -3.07. The molecule has 184 valence electrons. The number of carboxylic acid groups (broad SMARTS) is 1. The van der Waals surface area contributed by atoms with Crippen LogP contribution in [0.2, 0.25) is 0 Å². The molecule has 9 heteroatoms. The van der Waals surface area contributed by atoms with Gasteiger partial charge in [0, 0.05) is 54.4 Å². The summed E-state index contributed by atoms with van der Waals surface area (Å²) in [4.78, 5) is 29.5. The van der Waals surface area contributed by atoms with Crippen LogP contribution < -0.4 is 10.2 Å². The summed E-state index contributed by atoms with van der Waals surface area (Å²) in [6.45, 7) is 6.25. The number of aromatic nitrogens is 2. The van der Waals surface area contributed by atoms with Crippen LogP contribution in [0.15, 0.2) is 35.4 Å². The Labute approximate surface area is 205 Å². The molecule has 1 aliphatic carbocycles. The van der Waals surface area contributed by atoms with Gasteiger partial charge in [-0.05, 0) is 29.5 Å². The highest BCUT2D eigenvalue weighted by atomic mass is 32.1. The number of carboxylic acids is 1. The van der Waals surface area contributed by atoms with E-state index < -0.39 is 17.3 Å². The van der Waals surface area contributed by atoms with Crippen LogP contribution in [-0.4, -0.2) is 33.7 Å². The lowest BCUT2D eigenvalue weighted by atomic mass is 9.78. The molecule has 1 saturated carbocycles. The van der Waals surface area contributed by atoms with Crippen LogP contribution in [0.4, 0.5) is 8.78 Å². The first-order valence-corrected chi connectivity index (χ1v) is 12.2. The summed E-state index contributed by atoms with van der Waals surface area (Å²) >= 11 is 1.41. The quantitative estimate of drug-likeness (QED) is 0.475. The highest BCUT2D eigenvalue weighted by Gasteiger charge is 2.47. The minimum absolute atomic E-state index is 0.0841. The van der Waals surface area contributed by atoms with E-state index in [-0.39, 0.29) is 35.8 Å². The van der Waals surface area contributed by atoms with Gasteiger partial charge in [-0.15, -0.1) is 11.3 Å². The number of methoxy groups -OCH3 is 1. The van der Waals surface area contributed by atoms with Gasteiger partial charge in [-0.1, -0.05) is 20.8 Å². The number of halogens is 2. The number of nitrogens with zero attached hydrogens (tertiary/aromatic N) is 2. The minimum Gasteiger partial charge on any atom is -0.496 e. The molecule has 3 heterocycles. The number of fused-ring (bicyclic) bond motifs is 3. The highest BCUT2D eigenvalue weighted by molar-refractivity contribution is 7.15. The van der Waals surface area contributed by atoms with Crippen LogP contribution in [-0.2, 0) is 6.42 Å². The van der Waals surface area contributed by atoms with E-state index in [1.54, 1.807) is 13.3 Å². The van der Waals surface area contributed by atoms with Gasteiger partial charge in [0.1, 0.15) is 11.3 Å². The molecule has 6 nitrogen and oxygen atoms in total. The molecule has 0 saturated heterocycles. The standard InChI is InChI=1S/C26H26F2N2O4S/c1-25(2,3)22-6-13-5-16(21-11-29-23(35-21)14-9-26(27,28)10-14)20(34-4)7-15(13)18-8-19(31)17(24(32)33)12-30(18)22/h5,7-8,11-12,14,22H,6,9-10H2,1-4H3,(H,32,33). The number of rotatable bonds is 4. The predicted molar refractivity (Wildman–Crippen MR) is 130 cm³/mol. The van der Waals surface area contributed by atoms with E-state index in [2.05, 4.69) is 25.8 Å². The lowest BCUT2D eigenvalue weighted by Crippen LogP contribution is -2.33. The molecular weight excluding hydrogens is 474 g/mol. The van der Waals surface area contributed by atoms with Crippen molar-refractivity contribution in [1.82, 2.24) is 9.55 Å². The lowest BCUT2D eigenvalue weighted by molar-refractivity contribution is -0.0867. The van der Waals surface area contributed by atoms with Crippen molar-refractivity contribution in [3.63, 3.8) is 0 Å². The largest absolute Gasteiger partial charge is 0.496 e. The Morgan fingerprint density at radius 3 is 2.54 bits per heavy atom. The topological polar surface area (TPSA) is 81.4 Å². The summed E-state index contributed by atoms with van der Waals surface area (Å²) in [5.41, 5.74) is 2.27. The number of hydrogen-bond acceptors (Lipinski definition) is 5. The van der Waals surface area contributed by atoms with Gasteiger partial charge >= 0.3 is 5.97 Å². The van der Waals surface area contributed by atoms with Gasteiger partial charge in [0.25, 0.3) is 0 Å². The molecule has 0 radical (unpaired) electrons. The number of ether oxygens (including phenoxy) is 1. The maximum Gasteiger partial charge on any atom is 0.341 e. The lowest BCUT2D eigenvalue weighted by Gasteiger charge is -2.39.